The third-order valence-corrected chi connectivity index (χ3v) is 5.80. The molecular formula is C17H20ClNO3. The Hall–Kier alpha value is -1.26. The van der Waals surface area contributed by atoms with Crippen molar-refractivity contribution in [2.45, 2.75) is 32.2 Å². The molecule has 0 unspecified atom stereocenters. The fourth-order valence-electron chi connectivity index (χ4n) is 4.57. The number of carboxylic acid groups (broad SMARTS) is 1. The molecule has 2 aliphatic heterocycles. The van der Waals surface area contributed by atoms with Crippen LogP contribution in [0, 0.1) is 11.3 Å². The first-order valence-corrected chi connectivity index (χ1v) is 8.36. The van der Waals surface area contributed by atoms with Crippen LogP contribution in [0.2, 0.25) is 5.02 Å². The highest BCUT2D eigenvalue weighted by Crippen LogP contribution is 2.49. The van der Waals surface area contributed by atoms with E-state index in [1.807, 2.05) is 12.1 Å². The van der Waals surface area contributed by atoms with Crippen LogP contribution < -0.4 is 4.74 Å². The van der Waals surface area contributed by atoms with Crippen LogP contribution in [-0.2, 0) is 17.8 Å². The molecule has 0 spiro atoms. The van der Waals surface area contributed by atoms with E-state index in [9.17, 15) is 9.90 Å². The summed E-state index contributed by atoms with van der Waals surface area (Å²) in [7, 11) is 0. The van der Waals surface area contributed by atoms with E-state index in [2.05, 4.69) is 4.90 Å². The molecular weight excluding hydrogens is 302 g/mol. The second kappa shape index (κ2) is 5.14. The van der Waals surface area contributed by atoms with Crippen LogP contribution in [0.1, 0.15) is 30.4 Å². The summed E-state index contributed by atoms with van der Waals surface area (Å²) in [6.07, 6.45) is 3.80. The lowest BCUT2D eigenvalue weighted by atomic mass is 9.81. The van der Waals surface area contributed by atoms with Crippen LogP contribution in [0.3, 0.4) is 0 Å². The summed E-state index contributed by atoms with van der Waals surface area (Å²) >= 11 is 6.22. The summed E-state index contributed by atoms with van der Waals surface area (Å²) in [5.74, 6) is 0.633. The average Bonchev–Trinajstić information content (AvgIpc) is 3.11. The highest BCUT2D eigenvalue weighted by molar-refractivity contribution is 6.30. The molecule has 5 heteroatoms. The lowest BCUT2D eigenvalue weighted by Gasteiger charge is -2.23. The number of likely N-dealkylation sites (tertiary alicyclic amines) is 1. The van der Waals surface area contributed by atoms with E-state index in [4.69, 9.17) is 16.3 Å². The van der Waals surface area contributed by atoms with Gasteiger partial charge >= 0.3 is 5.97 Å². The first kappa shape index (κ1) is 14.3. The standard InChI is InChI=1S/C17H20ClNO3/c18-14-6-11-3-5-22-15(11)12(7-14)8-19-9-13-2-1-4-17(13,10-19)16(20)21/h6-7,13H,1-5,8-10H2,(H,20,21)/t13-,17+/m0/s1. The molecule has 2 heterocycles. The van der Waals surface area contributed by atoms with E-state index in [0.29, 0.717) is 13.2 Å². The lowest BCUT2D eigenvalue weighted by Crippen LogP contribution is -2.35. The van der Waals surface area contributed by atoms with Crippen molar-refractivity contribution in [1.82, 2.24) is 4.90 Å². The molecule has 1 aliphatic carbocycles. The Morgan fingerprint density at radius 2 is 2.36 bits per heavy atom. The number of halogens is 1. The normalized spacial score (nSPS) is 30.1. The average molecular weight is 322 g/mol. The van der Waals surface area contributed by atoms with Gasteiger partial charge in [0.2, 0.25) is 0 Å². The molecule has 2 fully saturated rings. The molecule has 1 aromatic rings. The number of aliphatic carboxylic acids is 1. The van der Waals surface area contributed by atoms with Crippen LogP contribution >= 0.6 is 11.6 Å². The van der Waals surface area contributed by atoms with E-state index in [1.165, 1.54) is 5.56 Å². The van der Waals surface area contributed by atoms with Crippen LogP contribution in [0.15, 0.2) is 12.1 Å². The van der Waals surface area contributed by atoms with Gasteiger partial charge in [-0.25, -0.2) is 0 Å². The third kappa shape index (κ3) is 2.12. The van der Waals surface area contributed by atoms with Crippen LogP contribution in [0.25, 0.3) is 0 Å². The maximum atomic E-state index is 11.8. The van der Waals surface area contributed by atoms with Crippen molar-refractivity contribution in [1.29, 1.82) is 0 Å². The molecule has 4 rings (SSSR count). The van der Waals surface area contributed by atoms with Gasteiger partial charge in [-0.05, 0) is 36.5 Å². The summed E-state index contributed by atoms with van der Waals surface area (Å²) in [6.45, 7) is 2.96. The lowest BCUT2D eigenvalue weighted by molar-refractivity contribution is -0.149. The highest BCUT2D eigenvalue weighted by Gasteiger charge is 2.54. The van der Waals surface area contributed by atoms with Gasteiger partial charge < -0.3 is 9.84 Å². The molecule has 0 radical (unpaired) electrons. The van der Waals surface area contributed by atoms with E-state index in [0.717, 1.165) is 55.1 Å². The van der Waals surface area contributed by atoms with Crippen LogP contribution in [0.5, 0.6) is 5.75 Å². The fraction of sp³-hybridized carbons (Fsp3) is 0.588. The maximum Gasteiger partial charge on any atom is 0.311 e. The number of carbonyl (C=O) groups is 1. The largest absolute Gasteiger partial charge is 0.493 e. The Morgan fingerprint density at radius 1 is 1.50 bits per heavy atom. The van der Waals surface area contributed by atoms with E-state index in [-0.39, 0.29) is 5.92 Å². The Bertz CT molecular complexity index is 633. The summed E-state index contributed by atoms with van der Waals surface area (Å²) in [4.78, 5) is 14.0. The van der Waals surface area contributed by atoms with E-state index in [1.54, 1.807) is 0 Å². The van der Waals surface area contributed by atoms with Gasteiger partial charge in [0.05, 0.1) is 12.0 Å². The first-order chi connectivity index (χ1) is 10.6. The Kier molecular flexibility index (Phi) is 3.35. The summed E-state index contributed by atoms with van der Waals surface area (Å²) < 4.78 is 5.76. The molecule has 22 heavy (non-hydrogen) atoms. The van der Waals surface area contributed by atoms with E-state index >= 15 is 0 Å². The van der Waals surface area contributed by atoms with Crippen molar-refractivity contribution in [2.24, 2.45) is 11.3 Å². The van der Waals surface area contributed by atoms with Crippen molar-refractivity contribution >= 4 is 17.6 Å². The van der Waals surface area contributed by atoms with Crippen molar-refractivity contribution in [2.75, 3.05) is 19.7 Å². The number of ether oxygens (including phenoxy) is 1. The van der Waals surface area contributed by atoms with Gasteiger partial charge in [-0.15, -0.1) is 0 Å². The number of benzene rings is 1. The Balaban J connectivity index is 1.58. The molecule has 0 amide bonds. The zero-order valence-electron chi connectivity index (χ0n) is 12.5. The second-order valence-corrected chi connectivity index (χ2v) is 7.31. The number of hydrogen-bond acceptors (Lipinski definition) is 3. The molecule has 2 atom stereocenters. The molecule has 1 N–H and O–H groups in total. The predicted octanol–water partition coefficient (Wildman–Crippen LogP) is 2.96. The van der Waals surface area contributed by atoms with E-state index < -0.39 is 11.4 Å². The van der Waals surface area contributed by atoms with Crippen molar-refractivity contribution in [3.63, 3.8) is 0 Å². The van der Waals surface area contributed by atoms with Gasteiger partial charge in [-0.2, -0.15) is 0 Å². The van der Waals surface area contributed by atoms with Crippen LogP contribution in [-0.4, -0.2) is 35.7 Å². The number of rotatable bonds is 3. The zero-order valence-corrected chi connectivity index (χ0v) is 13.2. The maximum absolute atomic E-state index is 11.8. The first-order valence-electron chi connectivity index (χ1n) is 7.98. The number of fused-ring (bicyclic) bond motifs is 2. The zero-order chi connectivity index (χ0) is 15.3. The minimum Gasteiger partial charge on any atom is -0.493 e. The minimum absolute atomic E-state index is 0.290. The summed E-state index contributed by atoms with van der Waals surface area (Å²) in [5.41, 5.74) is 1.75. The van der Waals surface area contributed by atoms with Crippen molar-refractivity contribution in [3.05, 3.63) is 28.3 Å². The van der Waals surface area contributed by atoms with Gasteiger partial charge in [0.25, 0.3) is 0 Å². The molecule has 1 saturated heterocycles. The topological polar surface area (TPSA) is 49.8 Å². The quantitative estimate of drug-likeness (QED) is 0.930. The smallest absolute Gasteiger partial charge is 0.311 e. The number of carboxylic acids is 1. The SMILES string of the molecule is O=C(O)[C@@]12CCC[C@H]1CN(Cc1cc(Cl)cc3c1OCC3)C2. The van der Waals surface area contributed by atoms with Gasteiger partial charge in [-0.1, -0.05) is 18.0 Å². The van der Waals surface area contributed by atoms with Crippen molar-refractivity contribution in [3.8, 4) is 5.75 Å². The minimum atomic E-state index is -0.620. The molecule has 4 nitrogen and oxygen atoms in total. The molecule has 0 aromatic heterocycles. The number of hydrogen-bond donors (Lipinski definition) is 1. The summed E-state index contributed by atoms with van der Waals surface area (Å²) in [5, 5.41) is 10.4. The highest BCUT2D eigenvalue weighted by atomic mass is 35.5. The second-order valence-electron chi connectivity index (χ2n) is 6.87. The van der Waals surface area contributed by atoms with Crippen molar-refractivity contribution < 1.29 is 14.6 Å². The third-order valence-electron chi connectivity index (χ3n) is 5.59. The van der Waals surface area contributed by atoms with Gasteiger partial charge in [0, 0.05) is 36.6 Å². The van der Waals surface area contributed by atoms with Gasteiger partial charge in [0.15, 0.2) is 0 Å². The Labute approximate surface area is 135 Å². The van der Waals surface area contributed by atoms with Gasteiger partial charge in [0.1, 0.15) is 5.75 Å². The predicted molar refractivity (Wildman–Crippen MR) is 83.3 cm³/mol. The Morgan fingerprint density at radius 3 is 3.14 bits per heavy atom. The molecule has 3 aliphatic rings. The summed E-state index contributed by atoms with van der Waals surface area (Å²) in [6, 6.07) is 3.94. The molecule has 1 saturated carbocycles. The van der Waals surface area contributed by atoms with Crippen LogP contribution in [0.4, 0.5) is 0 Å². The molecule has 118 valence electrons. The fourth-order valence-corrected chi connectivity index (χ4v) is 4.83. The molecule has 1 aromatic carbocycles. The molecule has 0 bridgehead atoms. The number of nitrogens with zero attached hydrogens (tertiary/aromatic N) is 1. The monoisotopic (exact) mass is 321 g/mol. The van der Waals surface area contributed by atoms with Gasteiger partial charge in [-0.3, -0.25) is 9.69 Å².